The van der Waals surface area contributed by atoms with Crippen molar-refractivity contribution in [2.75, 3.05) is 0 Å². The molecule has 14 heavy (non-hydrogen) atoms. The number of furan rings is 1. The van der Waals surface area contributed by atoms with E-state index in [0.29, 0.717) is 10.4 Å². The fraction of sp³-hybridized carbons (Fsp3) is 0.333. The van der Waals surface area contributed by atoms with Gasteiger partial charge in [0.25, 0.3) is 0 Å². The zero-order chi connectivity index (χ0) is 11.1. The zero-order valence-electron chi connectivity index (χ0n) is 9.23. The molecular formula is C12H17ClO. The van der Waals surface area contributed by atoms with Crippen LogP contribution in [0.15, 0.2) is 22.6 Å². The zero-order valence-corrected chi connectivity index (χ0v) is 9.98. The highest BCUT2D eigenvalue weighted by Gasteiger charge is 1.95. The molecule has 0 amide bonds. The Balaban J connectivity index is 0.000000791. The van der Waals surface area contributed by atoms with E-state index < -0.39 is 0 Å². The lowest BCUT2D eigenvalue weighted by molar-refractivity contribution is 0.501. The quantitative estimate of drug-likeness (QED) is 0.698. The number of hydrogen-bond donors (Lipinski definition) is 0. The van der Waals surface area contributed by atoms with Crippen molar-refractivity contribution in [1.82, 2.24) is 0 Å². The van der Waals surface area contributed by atoms with Crippen molar-refractivity contribution in [3.05, 3.63) is 34.6 Å². The van der Waals surface area contributed by atoms with Gasteiger partial charge in [-0.2, -0.15) is 0 Å². The van der Waals surface area contributed by atoms with E-state index in [9.17, 15) is 0 Å². The fourth-order valence-electron chi connectivity index (χ4n) is 0.991. The normalized spacial score (nSPS) is 12.4. The van der Waals surface area contributed by atoms with Gasteiger partial charge in [-0.15, -0.1) is 0 Å². The van der Waals surface area contributed by atoms with Crippen LogP contribution in [0.5, 0.6) is 0 Å². The van der Waals surface area contributed by atoms with E-state index in [4.69, 9.17) is 16.0 Å². The molecule has 0 radical (unpaired) electrons. The molecule has 1 nitrogen and oxygen atoms in total. The van der Waals surface area contributed by atoms with Crippen LogP contribution in [0.4, 0.5) is 0 Å². The van der Waals surface area contributed by atoms with Gasteiger partial charge in [0.2, 0.25) is 0 Å². The van der Waals surface area contributed by atoms with E-state index in [1.807, 2.05) is 39.8 Å². The molecule has 0 saturated heterocycles. The van der Waals surface area contributed by atoms with Gasteiger partial charge in [0.05, 0.1) is 5.03 Å². The summed E-state index contributed by atoms with van der Waals surface area (Å²) in [6, 6.07) is 1.86. The summed E-state index contributed by atoms with van der Waals surface area (Å²) in [6.07, 6.45) is 3.65. The highest BCUT2D eigenvalue weighted by atomic mass is 35.5. The summed E-state index contributed by atoms with van der Waals surface area (Å²) >= 11 is 5.92. The van der Waals surface area contributed by atoms with E-state index in [1.165, 1.54) is 0 Å². The molecule has 0 N–H and O–H groups in total. The Morgan fingerprint density at radius 2 is 2.07 bits per heavy atom. The van der Waals surface area contributed by atoms with Crippen LogP contribution < -0.4 is 10.6 Å². The van der Waals surface area contributed by atoms with Crippen molar-refractivity contribution in [1.29, 1.82) is 0 Å². The molecular weight excluding hydrogens is 196 g/mol. The highest BCUT2D eigenvalue weighted by Crippen LogP contribution is 2.01. The molecule has 1 heterocycles. The minimum absolute atomic E-state index is 0.593. The summed E-state index contributed by atoms with van der Waals surface area (Å²) in [5.74, 6) is 0.831. The van der Waals surface area contributed by atoms with Crippen molar-refractivity contribution in [3.63, 3.8) is 0 Å². The van der Waals surface area contributed by atoms with E-state index in [0.717, 1.165) is 11.0 Å². The average molecular weight is 213 g/mol. The van der Waals surface area contributed by atoms with Crippen LogP contribution in [0.2, 0.25) is 0 Å². The molecule has 0 saturated carbocycles. The molecule has 0 aliphatic carbocycles. The molecule has 2 heteroatoms. The number of allylic oxidation sites excluding steroid dienone is 2. The Morgan fingerprint density at radius 3 is 2.43 bits per heavy atom. The van der Waals surface area contributed by atoms with E-state index in [1.54, 1.807) is 6.08 Å². The molecule has 0 bridgehead atoms. The Labute approximate surface area is 90.4 Å². The molecule has 0 aliphatic heterocycles. The molecule has 1 aromatic heterocycles. The van der Waals surface area contributed by atoms with Crippen molar-refractivity contribution < 1.29 is 4.42 Å². The fourth-order valence-corrected chi connectivity index (χ4v) is 1.28. The molecule has 0 aliphatic rings. The summed E-state index contributed by atoms with van der Waals surface area (Å²) in [7, 11) is 0. The standard InChI is InChI=1S/C10H11ClO.C2H6/c1-4-5-9(11)10-7(2)6-8(3)12-10;1-2/h4-6H,2H2,1,3H3;1-2H3/b5-4-,10-9-;. The second-order valence-corrected chi connectivity index (χ2v) is 2.97. The van der Waals surface area contributed by atoms with Crippen LogP contribution >= 0.6 is 11.6 Å². The minimum atomic E-state index is 0.593. The Kier molecular flexibility index (Phi) is 6.06. The number of rotatable bonds is 1. The van der Waals surface area contributed by atoms with Gasteiger partial charge in [0, 0.05) is 5.22 Å². The maximum absolute atomic E-state index is 5.92. The lowest BCUT2D eigenvalue weighted by Gasteiger charge is -1.83. The first kappa shape index (κ1) is 13.1. The van der Waals surface area contributed by atoms with Gasteiger partial charge >= 0.3 is 0 Å². The first-order valence-electron chi connectivity index (χ1n) is 4.73. The largest absolute Gasteiger partial charge is 0.460 e. The molecule has 0 spiro atoms. The maximum Gasteiger partial charge on any atom is 0.152 e. The maximum atomic E-state index is 5.92. The Bertz CT molecular complexity index is 398. The second-order valence-electron chi connectivity index (χ2n) is 2.56. The highest BCUT2D eigenvalue weighted by molar-refractivity contribution is 6.47. The van der Waals surface area contributed by atoms with Gasteiger partial charge in [0.1, 0.15) is 5.76 Å². The second kappa shape index (κ2) is 6.50. The van der Waals surface area contributed by atoms with Gasteiger partial charge in [0.15, 0.2) is 5.42 Å². The molecule has 0 aromatic carbocycles. The van der Waals surface area contributed by atoms with Crippen LogP contribution in [-0.4, -0.2) is 0 Å². The van der Waals surface area contributed by atoms with Crippen LogP contribution in [0, 0.1) is 6.92 Å². The average Bonchev–Trinajstić information content (AvgIpc) is 2.49. The minimum Gasteiger partial charge on any atom is -0.460 e. The third-order valence-corrected chi connectivity index (χ3v) is 1.76. The van der Waals surface area contributed by atoms with E-state index in [2.05, 4.69) is 6.58 Å². The van der Waals surface area contributed by atoms with E-state index >= 15 is 0 Å². The van der Waals surface area contributed by atoms with Crippen molar-refractivity contribution in [2.24, 2.45) is 0 Å². The van der Waals surface area contributed by atoms with Crippen molar-refractivity contribution >= 4 is 23.2 Å². The van der Waals surface area contributed by atoms with Crippen molar-refractivity contribution in [3.8, 4) is 0 Å². The third kappa shape index (κ3) is 3.43. The Hall–Kier alpha value is -0.950. The summed E-state index contributed by atoms with van der Waals surface area (Å²) in [6.45, 7) is 11.6. The molecule has 78 valence electrons. The number of halogens is 1. The molecule has 1 rings (SSSR count). The SMILES string of the molecule is C=c1cc(C)o/c1=C(Cl)/C=C\C.CC. The summed E-state index contributed by atoms with van der Waals surface area (Å²) in [5, 5.41) is 1.42. The van der Waals surface area contributed by atoms with Crippen LogP contribution in [0.25, 0.3) is 11.6 Å². The predicted molar refractivity (Wildman–Crippen MR) is 63.6 cm³/mol. The monoisotopic (exact) mass is 212 g/mol. The predicted octanol–water partition coefficient (Wildman–Crippen LogP) is 2.95. The van der Waals surface area contributed by atoms with Crippen LogP contribution in [-0.2, 0) is 0 Å². The van der Waals surface area contributed by atoms with Crippen molar-refractivity contribution in [2.45, 2.75) is 27.7 Å². The van der Waals surface area contributed by atoms with Gasteiger partial charge < -0.3 is 4.42 Å². The first-order chi connectivity index (χ1) is 6.65. The first-order valence-corrected chi connectivity index (χ1v) is 5.11. The summed E-state index contributed by atoms with van der Waals surface area (Å²) in [5.41, 5.74) is 0.660. The van der Waals surface area contributed by atoms with Gasteiger partial charge in [-0.1, -0.05) is 38.1 Å². The smallest absolute Gasteiger partial charge is 0.152 e. The summed E-state index contributed by atoms with van der Waals surface area (Å²) < 4.78 is 5.35. The lowest BCUT2D eigenvalue weighted by Crippen LogP contribution is -2.18. The topological polar surface area (TPSA) is 13.1 Å². The van der Waals surface area contributed by atoms with Crippen LogP contribution in [0.3, 0.4) is 0 Å². The molecule has 0 fully saturated rings. The molecule has 0 atom stereocenters. The number of aryl methyl sites for hydroxylation is 1. The molecule has 0 unspecified atom stereocenters. The summed E-state index contributed by atoms with van der Waals surface area (Å²) in [4.78, 5) is 0. The van der Waals surface area contributed by atoms with Gasteiger partial charge in [-0.3, -0.25) is 0 Å². The van der Waals surface area contributed by atoms with Crippen LogP contribution in [0.1, 0.15) is 26.5 Å². The lowest BCUT2D eigenvalue weighted by atomic mass is 10.4. The van der Waals surface area contributed by atoms with E-state index in [-0.39, 0.29) is 0 Å². The molecule has 1 aromatic rings. The Morgan fingerprint density at radius 1 is 1.50 bits per heavy atom. The number of hydrogen-bond acceptors (Lipinski definition) is 1. The van der Waals surface area contributed by atoms with Gasteiger partial charge in [-0.25, -0.2) is 0 Å². The van der Waals surface area contributed by atoms with Gasteiger partial charge in [-0.05, 0) is 26.0 Å². The third-order valence-electron chi connectivity index (χ3n) is 1.46.